The van der Waals surface area contributed by atoms with Gasteiger partial charge in [-0.3, -0.25) is 4.99 Å². The molecule has 0 aromatic carbocycles. The van der Waals surface area contributed by atoms with Crippen LogP contribution in [0.2, 0.25) is 0 Å². The first-order chi connectivity index (χ1) is 9.24. The second kappa shape index (κ2) is 10.0. The van der Waals surface area contributed by atoms with Gasteiger partial charge in [-0.1, -0.05) is 6.92 Å². The van der Waals surface area contributed by atoms with Crippen molar-refractivity contribution < 1.29 is 9.47 Å². The number of hydrogen-bond donors (Lipinski definition) is 1. The lowest BCUT2D eigenvalue weighted by Crippen LogP contribution is -2.43. The monoisotopic (exact) mass is 271 g/mol. The van der Waals surface area contributed by atoms with Gasteiger partial charge in [0.1, 0.15) is 0 Å². The molecule has 19 heavy (non-hydrogen) atoms. The van der Waals surface area contributed by atoms with Crippen molar-refractivity contribution in [2.45, 2.75) is 32.6 Å². The molecule has 0 aromatic rings. The summed E-state index contributed by atoms with van der Waals surface area (Å²) in [5.41, 5.74) is 6.02. The van der Waals surface area contributed by atoms with Crippen molar-refractivity contribution >= 4 is 5.96 Å². The maximum atomic E-state index is 6.02. The minimum absolute atomic E-state index is 0.665. The SMILES string of the molecule is COCCOCCCCN=C(N)N1CCCC(C)C1. The van der Waals surface area contributed by atoms with Crippen LogP contribution in [0.15, 0.2) is 4.99 Å². The summed E-state index contributed by atoms with van der Waals surface area (Å²) >= 11 is 0. The quantitative estimate of drug-likeness (QED) is 0.413. The van der Waals surface area contributed by atoms with Crippen LogP contribution in [0, 0.1) is 5.92 Å². The number of nitrogens with zero attached hydrogens (tertiary/aromatic N) is 2. The van der Waals surface area contributed by atoms with Crippen molar-refractivity contribution in [2.75, 3.05) is 46.6 Å². The summed E-state index contributed by atoms with van der Waals surface area (Å²) in [6.45, 7) is 7.29. The van der Waals surface area contributed by atoms with Crippen LogP contribution in [-0.2, 0) is 9.47 Å². The molecule has 1 unspecified atom stereocenters. The van der Waals surface area contributed by atoms with E-state index in [2.05, 4.69) is 16.8 Å². The van der Waals surface area contributed by atoms with Crippen molar-refractivity contribution in [3.63, 3.8) is 0 Å². The molecule has 1 saturated heterocycles. The fraction of sp³-hybridized carbons (Fsp3) is 0.929. The van der Waals surface area contributed by atoms with E-state index >= 15 is 0 Å². The number of ether oxygens (including phenoxy) is 2. The Bertz CT molecular complexity index is 259. The number of piperidine rings is 1. The third-order valence-corrected chi connectivity index (χ3v) is 3.38. The molecule has 5 nitrogen and oxygen atoms in total. The maximum Gasteiger partial charge on any atom is 0.191 e. The Morgan fingerprint density at radius 3 is 2.89 bits per heavy atom. The van der Waals surface area contributed by atoms with E-state index in [1.807, 2.05) is 0 Å². The summed E-state index contributed by atoms with van der Waals surface area (Å²) in [5, 5.41) is 0. The number of likely N-dealkylation sites (tertiary alicyclic amines) is 1. The summed E-state index contributed by atoms with van der Waals surface area (Å²) in [6, 6.07) is 0. The van der Waals surface area contributed by atoms with Crippen LogP contribution in [0.5, 0.6) is 0 Å². The van der Waals surface area contributed by atoms with E-state index in [0.29, 0.717) is 19.2 Å². The average molecular weight is 271 g/mol. The summed E-state index contributed by atoms with van der Waals surface area (Å²) in [7, 11) is 1.68. The van der Waals surface area contributed by atoms with Gasteiger partial charge in [0.05, 0.1) is 13.2 Å². The highest BCUT2D eigenvalue weighted by molar-refractivity contribution is 5.78. The Balaban J connectivity index is 2.04. The minimum atomic E-state index is 0.665. The van der Waals surface area contributed by atoms with Crippen molar-refractivity contribution in [3.8, 4) is 0 Å². The maximum absolute atomic E-state index is 6.02. The average Bonchev–Trinajstić information content (AvgIpc) is 2.41. The van der Waals surface area contributed by atoms with Gasteiger partial charge in [-0.05, 0) is 31.6 Å². The van der Waals surface area contributed by atoms with Crippen LogP contribution >= 0.6 is 0 Å². The van der Waals surface area contributed by atoms with Crippen LogP contribution in [0.3, 0.4) is 0 Å². The molecule has 0 bridgehead atoms. The fourth-order valence-electron chi connectivity index (χ4n) is 2.25. The van der Waals surface area contributed by atoms with E-state index in [1.165, 1.54) is 12.8 Å². The van der Waals surface area contributed by atoms with Crippen LogP contribution < -0.4 is 5.73 Å². The van der Waals surface area contributed by atoms with Crippen molar-refractivity contribution in [1.82, 2.24) is 4.90 Å². The summed E-state index contributed by atoms with van der Waals surface area (Å²) in [6.07, 6.45) is 4.58. The molecule has 0 spiro atoms. The van der Waals surface area contributed by atoms with Gasteiger partial charge in [0.15, 0.2) is 5.96 Å². The van der Waals surface area contributed by atoms with Crippen molar-refractivity contribution in [3.05, 3.63) is 0 Å². The molecule has 0 radical (unpaired) electrons. The molecule has 0 aliphatic carbocycles. The van der Waals surface area contributed by atoms with Crippen molar-refractivity contribution in [2.24, 2.45) is 16.6 Å². The molecule has 0 amide bonds. The molecule has 112 valence electrons. The zero-order valence-corrected chi connectivity index (χ0v) is 12.4. The third kappa shape index (κ3) is 7.38. The summed E-state index contributed by atoms with van der Waals surface area (Å²) < 4.78 is 10.3. The minimum Gasteiger partial charge on any atom is -0.382 e. The fourth-order valence-corrected chi connectivity index (χ4v) is 2.25. The Morgan fingerprint density at radius 2 is 2.16 bits per heavy atom. The van der Waals surface area contributed by atoms with E-state index in [-0.39, 0.29) is 0 Å². The Labute approximate surface area is 117 Å². The third-order valence-electron chi connectivity index (χ3n) is 3.38. The number of hydrogen-bond acceptors (Lipinski definition) is 3. The van der Waals surface area contributed by atoms with Crippen LogP contribution in [0.25, 0.3) is 0 Å². The van der Waals surface area contributed by atoms with Crippen LogP contribution in [0.1, 0.15) is 32.6 Å². The van der Waals surface area contributed by atoms with E-state index in [0.717, 1.165) is 45.0 Å². The second-order valence-corrected chi connectivity index (χ2v) is 5.25. The van der Waals surface area contributed by atoms with E-state index in [9.17, 15) is 0 Å². The number of guanidine groups is 1. The number of methoxy groups -OCH3 is 1. The highest BCUT2D eigenvalue weighted by Crippen LogP contribution is 2.14. The molecule has 1 aliphatic heterocycles. The van der Waals surface area contributed by atoms with Gasteiger partial charge in [-0.2, -0.15) is 0 Å². The molecular formula is C14H29N3O2. The summed E-state index contributed by atoms with van der Waals surface area (Å²) in [4.78, 5) is 6.67. The van der Waals surface area contributed by atoms with Gasteiger partial charge in [0, 0.05) is 33.4 Å². The number of nitrogens with two attached hydrogens (primary N) is 1. The van der Waals surface area contributed by atoms with Gasteiger partial charge in [-0.25, -0.2) is 0 Å². The topological polar surface area (TPSA) is 60.1 Å². The highest BCUT2D eigenvalue weighted by Gasteiger charge is 2.17. The molecule has 2 N–H and O–H groups in total. The molecule has 0 aromatic heterocycles. The zero-order valence-electron chi connectivity index (χ0n) is 12.4. The van der Waals surface area contributed by atoms with Crippen LogP contribution in [-0.4, -0.2) is 57.4 Å². The zero-order chi connectivity index (χ0) is 13.9. The van der Waals surface area contributed by atoms with Crippen LogP contribution in [0.4, 0.5) is 0 Å². The van der Waals surface area contributed by atoms with Gasteiger partial charge in [-0.15, -0.1) is 0 Å². The molecular weight excluding hydrogens is 242 g/mol. The Hall–Kier alpha value is -0.810. The predicted octanol–water partition coefficient (Wildman–Crippen LogP) is 1.48. The smallest absolute Gasteiger partial charge is 0.191 e. The van der Waals surface area contributed by atoms with Crippen molar-refractivity contribution in [1.29, 1.82) is 0 Å². The Morgan fingerprint density at radius 1 is 1.32 bits per heavy atom. The van der Waals surface area contributed by atoms with Gasteiger partial charge < -0.3 is 20.1 Å². The second-order valence-electron chi connectivity index (χ2n) is 5.25. The molecule has 1 atom stereocenters. The molecule has 1 rings (SSSR count). The molecule has 5 heteroatoms. The largest absolute Gasteiger partial charge is 0.382 e. The van der Waals surface area contributed by atoms with E-state index in [1.54, 1.807) is 7.11 Å². The summed E-state index contributed by atoms with van der Waals surface area (Å²) in [5.74, 6) is 1.45. The normalized spacial score (nSPS) is 20.8. The van der Waals surface area contributed by atoms with Gasteiger partial charge >= 0.3 is 0 Å². The molecule has 1 fully saturated rings. The van der Waals surface area contributed by atoms with Gasteiger partial charge in [0.2, 0.25) is 0 Å². The van der Waals surface area contributed by atoms with E-state index < -0.39 is 0 Å². The van der Waals surface area contributed by atoms with E-state index in [4.69, 9.17) is 15.2 Å². The lowest BCUT2D eigenvalue weighted by molar-refractivity contribution is 0.0690. The number of unbranched alkanes of at least 4 members (excludes halogenated alkanes) is 1. The number of aliphatic imine (C=N–C) groups is 1. The number of rotatable bonds is 8. The Kier molecular flexibility index (Phi) is 8.58. The predicted molar refractivity (Wildman–Crippen MR) is 78.4 cm³/mol. The molecule has 0 saturated carbocycles. The molecule has 1 heterocycles. The first-order valence-corrected chi connectivity index (χ1v) is 7.35. The highest BCUT2D eigenvalue weighted by atomic mass is 16.5. The lowest BCUT2D eigenvalue weighted by atomic mass is 10.0. The van der Waals surface area contributed by atoms with Gasteiger partial charge in [0.25, 0.3) is 0 Å². The molecule has 1 aliphatic rings. The first kappa shape index (κ1) is 16.2. The lowest BCUT2D eigenvalue weighted by Gasteiger charge is -2.31. The first-order valence-electron chi connectivity index (χ1n) is 7.35. The standard InChI is InChI=1S/C14H29N3O2/c1-13-6-5-8-17(12-13)14(15)16-7-3-4-9-19-11-10-18-2/h13H,3-12H2,1-2H3,(H2,15,16).